The van der Waals surface area contributed by atoms with Crippen LogP contribution in [0.25, 0.3) is 0 Å². The van der Waals surface area contributed by atoms with Gasteiger partial charge in [0.2, 0.25) is 5.91 Å². The van der Waals surface area contributed by atoms with Crippen molar-refractivity contribution in [2.24, 2.45) is 0 Å². The molecule has 1 heterocycles. The molecule has 6 heteroatoms. The van der Waals surface area contributed by atoms with E-state index in [0.717, 1.165) is 25.1 Å². The highest BCUT2D eigenvalue weighted by molar-refractivity contribution is 9.10. The maximum atomic E-state index is 11.6. The van der Waals surface area contributed by atoms with Crippen molar-refractivity contribution in [2.45, 2.75) is 43.3 Å². The summed E-state index contributed by atoms with van der Waals surface area (Å²) in [6.07, 6.45) is 2.57. The Hall–Kier alpha value is -0.230. The van der Waals surface area contributed by atoms with Crippen LogP contribution in [0.3, 0.4) is 0 Å². The zero-order chi connectivity index (χ0) is 13.5. The number of thioether (sulfide) groups is 1. The lowest BCUT2D eigenvalue weighted by atomic mass is 10.4. The highest BCUT2D eigenvalue weighted by Crippen LogP contribution is 2.24. The molecule has 1 aliphatic rings. The van der Waals surface area contributed by atoms with Crippen molar-refractivity contribution in [3.05, 3.63) is 0 Å². The number of hydrogen-bond acceptors (Lipinski definition) is 4. The van der Waals surface area contributed by atoms with Gasteiger partial charge in [-0.3, -0.25) is 9.59 Å². The predicted octanol–water partition coefficient (Wildman–Crippen LogP) is 2.40. The van der Waals surface area contributed by atoms with Gasteiger partial charge < -0.3 is 9.64 Å². The van der Waals surface area contributed by atoms with Gasteiger partial charge in [0.15, 0.2) is 0 Å². The maximum Gasteiger partial charge on any atom is 0.319 e. The second-order valence-corrected chi connectivity index (χ2v) is 6.87. The lowest BCUT2D eigenvalue weighted by Gasteiger charge is -2.26. The minimum absolute atomic E-state index is 0.222. The van der Waals surface area contributed by atoms with Crippen LogP contribution in [0.1, 0.15) is 33.1 Å². The number of hydrogen-bond donors (Lipinski definition) is 0. The van der Waals surface area contributed by atoms with Crippen molar-refractivity contribution in [1.82, 2.24) is 4.90 Å². The van der Waals surface area contributed by atoms with Crippen LogP contribution < -0.4 is 0 Å². The van der Waals surface area contributed by atoms with Crippen molar-refractivity contribution in [3.8, 4) is 0 Å². The molecule has 0 aromatic heterocycles. The van der Waals surface area contributed by atoms with Crippen molar-refractivity contribution >= 4 is 39.6 Å². The van der Waals surface area contributed by atoms with Gasteiger partial charge in [0.25, 0.3) is 0 Å². The maximum absolute atomic E-state index is 11.6. The predicted molar refractivity (Wildman–Crippen MR) is 76.8 cm³/mol. The quantitative estimate of drug-likeness (QED) is 0.406. The van der Waals surface area contributed by atoms with Crippen LogP contribution >= 0.6 is 27.7 Å². The summed E-state index contributed by atoms with van der Waals surface area (Å²) in [5.74, 6) is 0.745. The molecule has 1 aliphatic heterocycles. The normalized spacial score (nSPS) is 18.8. The Morgan fingerprint density at radius 3 is 2.83 bits per heavy atom. The molecule has 1 amide bonds. The SMILES string of the molecule is CCC(SCCOC(=O)C(C)Br)N1CCCC1=O. The fourth-order valence-corrected chi connectivity index (χ4v) is 3.07. The van der Waals surface area contributed by atoms with Crippen LogP contribution in [-0.4, -0.2) is 45.9 Å². The molecule has 0 saturated carbocycles. The fourth-order valence-electron chi connectivity index (χ4n) is 1.84. The monoisotopic (exact) mass is 337 g/mol. The van der Waals surface area contributed by atoms with Gasteiger partial charge in [0.05, 0.1) is 5.37 Å². The summed E-state index contributed by atoms with van der Waals surface area (Å²) in [7, 11) is 0. The number of ether oxygens (including phenoxy) is 1. The van der Waals surface area contributed by atoms with Gasteiger partial charge >= 0.3 is 5.97 Å². The molecule has 0 aliphatic carbocycles. The van der Waals surface area contributed by atoms with Gasteiger partial charge in [-0.25, -0.2) is 0 Å². The largest absolute Gasteiger partial charge is 0.464 e. The van der Waals surface area contributed by atoms with Gasteiger partial charge in [-0.05, 0) is 19.8 Å². The van der Waals surface area contributed by atoms with E-state index in [0.29, 0.717) is 13.0 Å². The lowest BCUT2D eigenvalue weighted by Crippen LogP contribution is -2.34. The van der Waals surface area contributed by atoms with Gasteiger partial charge in [0.1, 0.15) is 11.4 Å². The number of rotatable bonds is 7. The van der Waals surface area contributed by atoms with Crippen molar-refractivity contribution in [3.63, 3.8) is 0 Å². The van der Waals surface area contributed by atoms with E-state index < -0.39 is 0 Å². The summed E-state index contributed by atoms with van der Waals surface area (Å²) in [5.41, 5.74) is 0. The van der Waals surface area contributed by atoms with E-state index in [1.807, 2.05) is 4.90 Å². The van der Waals surface area contributed by atoms with Crippen LogP contribution in [0.2, 0.25) is 0 Å². The minimum atomic E-state index is -0.260. The van der Waals surface area contributed by atoms with Crippen LogP contribution in [0.15, 0.2) is 0 Å². The summed E-state index contributed by atoms with van der Waals surface area (Å²) in [6, 6.07) is 0. The highest BCUT2D eigenvalue weighted by Gasteiger charge is 2.26. The molecule has 0 radical (unpaired) electrons. The van der Waals surface area contributed by atoms with Gasteiger partial charge in [-0.1, -0.05) is 22.9 Å². The third-order valence-electron chi connectivity index (χ3n) is 2.77. The number of amides is 1. The Kier molecular flexibility index (Phi) is 7.07. The van der Waals surface area contributed by atoms with Crippen LogP contribution in [0, 0.1) is 0 Å². The summed E-state index contributed by atoms with van der Waals surface area (Å²) < 4.78 is 5.08. The molecule has 1 fully saturated rings. The topological polar surface area (TPSA) is 46.6 Å². The summed E-state index contributed by atoms with van der Waals surface area (Å²) >= 11 is 4.85. The van der Waals surface area contributed by atoms with Crippen molar-refractivity contribution in [1.29, 1.82) is 0 Å². The average molecular weight is 338 g/mol. The lowest BCUT2D eigenvalue weighted by molar-refractivity contribution is -0.141. The first-order valence-corrected chi connectivity index (χ1v) is 8.24. The van der Waals surface area contributed by atoms with E-state index in [1.54, 1.807) is 18.7 Å². The average Bonchev–Trinajstić information content (AvgIpc) is 2.75. The molecule has 2 unspecified atom stereocenters. The molecule has 0 spiro atoms. The van der Waals surface area contributed by atoms with E-state index in [9.17, 15) is 9.59 Å². The Morgan fingerprint density at radius 2 is 2.33 bits per heavy atom. The molecule has 0 aromatic carbocycles. The number of carbonyl (C=O) groups excluding carboxylic acids is 2. The molecule has 4 nitrogen and oxygen atoms in total. The first kappa shape index (κ1) is 15.8. The van der Waals surface area contributed by atoms with E-state index in [4.69, 9.17) is 4.74 Å². The fraction of sp³-hybridized carbons (Fsp3) is 0.833. The number of alkyl halides is 1. The molecule has 0 aromatic rings. The standard InChI is InChI=1S/C12H20BrNO3S/c1-3-11(14-6-4-5-10(14)15)18-8-7-17-12(16)9(2)13/h9,11H,3-8H2,1-2H3. The molecule has 1 rings (SSSR count). The Labute approximate surface area is 121 Å². The number of carbonyl (C=O) groups is 2. The molecular formula is C12H20BrNO3S. The zero-order valence-electron chi connectivity index (χ0n) is 10.9. The second-order valence-electron chi connectivity index (χ2n) is 4.21. The number of nitrogens with zero attached hydrogens (tertiary/aromatic N) is 1. The van der Waals surface area contributed by atoms with Gasteiger partial charge in [-0.15, -0.1) is 11.8 Å². The summed E-state index contributed by atoms with van der Waals surface area (Å²) in [5, 5.41) is 0.222. The molecule has 2 atom stereocenters. The second kappa shape index (κ2) is 8.04. The molecule has 1 saturated heterocycles. The third-order valence-corrected chi connectivity index (χ3v) is 4.52. The van der Waals surface area contributed by atoms with E-state index in [1.165, 1.54) is 0 Å². The third kappa shape index (κ3) is 4.80. The first-order chi connectivity index (χ1) is 8.56. The highest BCUT2D eigenvalue weighted by atomic mass is 79.9. The molecular weight excluding hydrogens is 318 g/mol. The zero-order valence-corrected chi connectivity index (χ0v) is 13.3. The van der Waals surface area contributed by atoms with Crippen molar-refractivity contribution in [2.75, 3.05) is 18.9 Å². The molecule has 0 bridgehead atoms. The van der Waals surface area contributed by atoms with E-state index in [2.05, 4.69) is 22.9 Å². The Bertz CT molecular complexity index is 299. The molecule has 18 heavy (non-hydrogen) atoms. The minimum Gasteiger partial charge on any atom is -0.464 e. The van der Waals surface area contributed by atoms with Crippen LogP contribution in [0.5, 0.6) is 0 Å². The smallest absolute Gasteiger partial charge is 0.319 e. The first-order valence-electron chi connectivity index (χ1n) is 6.28. The van der Waals surface area contributed by atoms with E-state index >= 15 is 0 Å². The Morgan fingerprint density at radius 1 is 1.61 bits per heavy atom. The summed E-state index contributed by atoms with van der Waals surface area (Å²) in [6.45, 7) is 5.09. The molecule has 104 valence electrons. The van der Waals surface area contributed by atoms with Crippen molar-refractivity contribution < 1.29 is 14.3 Å². The van der Waals surface area contributed by atoms with Crippen LogP contribution in [-0.2, 0) is 14.3 Å². The van der Waals surface area contributed by atoms with Gasteiger partial charge in [-0.2, -0.15) is 0 Å². The molecule has 0 N–H and O–H groups in total. The van der Waals surface area contributed by atoms with Crippen LogP contribution in [0.4, 0.5) is 0 Å². The number of likely N-dealkylation sites (tertiary alicyclic amines) is 1. The number of halogens is 1. The van der Waals surface area contributed by atoms with Gasteiger partial charge in [0, 0.05) is 18.7 Å². The number of esters is 1. The Balaban J connectivity index is 2.24. The van der Waals surface area contributed by atoms with E-state index in [-0.39, 0.29) is 22.1 Å². The summed E-state index contributed by atoms with van der Waals surface area (Å²) in [4.78, 5) is 24.5.